The molecule has 3 rings (SSSR count). The summed E-state index contributed by atoms with van der Waals surface area (Å²) in [7, 11) is 1.36. The number of ether oxygens (including phenoxy) is 1. The number of aryl methyl sites for hydroxylation is 1. The predicted octanol–water partition coefficient (Wildman–Crippen LogP) is -0.821. The third-order valence-electron chi connectivity index (χ3n) is 5.88. The lowest BCUT2D eigenvalue weighted by Crippen LogP contribution is -3.28. The molecule has 30 heavy (non-hydrogen) atoms. The van der Waals surface area contributed by atoms with Crippen LogP contribution in [0.3, 0.4) is 0 Å². The molecule has 1 fully saturated rings. The molecule has 6 nitrogen and oxygen atoms in total. The number of hydrogen-bond acceptors (Lipinski definition) is 3. The molecule has 160 valence electrons. The normalized spacial score (nSPS) is 19.7. The number of nitrogens with one attached hydrogen (secondary N) is 3. The first-order chi connectivity index (χ1) is 14.5. The summed E-state index contributed by atoms with van der Waals surface area (Å²) in [5.41, 5.74) is 3.73. The second kappa shape index (κ2) is 10.9. The third-order valence-corrected chi connectivity index (χ3v) is 5.88. The monoisotopic (exact) mass is 411 g/mol. The molecule has 0 unspecified atom stereocenters. The number of esters is 1. The molecule has 1 atom stereocenters. The van der Waals surface area contributed by atoms with Crippen LogP contribution in [0.25, 0.3) is 0 Å². The van der Waals surface area contributed by atoms with Gasteiger partial charge in [0.25, 0.3) is 5.91 Å². The van der Waals surface area contributed by atoms with Crippen LogP contribution in [0, 0.1) is 6.92 Å². The fourth-order valence-electron chi connectivity index (χ4n) is 4.05. The first-order valence-electron chi connectivity index (χ1n) is 10.7. The first-order valence-corrected chi connectivity index (χ1v) is 10.7. The highest BCUT2D eigenvalue weighted by Crippen LogP contribution is 2.05. The molecule has 1 aliphatic rings. The molecule has 0 spiro atoms. The zero-order chi connectivity index (χ0) is 21.3. The Morgan fingerprint density at radius 3 is 2.27 bits per heavy atom. The lowest BCUT2D eigenvalue weighted by molar-refractivity contribution is -1.02. The quantitative estimate of drug-likeness (QED) is 0.498. The number of amides is 1. The molecule has 0 saturated carbocycles. The molecule has 0 aliphatic carbocycles. The Bertz CT molecular complexity index is 833. The maximum Gasteiger partial charge on any atom is 0.328 e. The van der Waals surface area contributed by atoms with E-state index in [1.54, 1.807) is 4.90 Å². The smallest absolute Gasteiger partial charge is 0.328 e. The van der Waals surface area contributed by atoms with Crippen molar-refractivity contribution in [2.24, 2.45) is 0 Å². The van der Waals surface area contributed by atoms with Crippen molar-refractivity contribution >= 4 is 11.9 Å². The average Bonchev–Trinajstić information content (AvgIpc) is 2.76. The first kappa shape index (κ1) is 22.0. The molecule has 1 aliphatic heterocycles. The number of hydrogen-bond donors (Lipinski definition) is 3. The molecule has 0 aromatic heterocycles. The van der Waals surface area contributed by atoms with Gasteiger partial charge in [0.15, 0.2) is 6.54 Å². The number of benzene rings is 2. The van der Waals surface area contributed by atoms with Gasteiger partial charge >= 0.3 is 5.97 Å². The van der Waals surface area contributed by atoms with E-state index in [9.17, 15) is 9.59 Å². The average molecular weight is 412 g/mol. The van der Waals surface area contributed by atoms with E-state index in [0.29, 0.717) is 13.0 Å². The zero-order valence-corrected chi connectivity index (χ0v) is 17.9. The molecule has 2 aromatic carbocycles. The number of methoxy groups -OCH3 is 1. The maximum absolute atomic E-state index is 12.6. The Balaban J connectivity index is 1.47. The van der Waals surface area contributed by atoms with Gasteiger partial charge in [-0.1, -0.05) is 54.6 Å². The lowest BCUT2D eigenvalue weighted by Gasteiger charge is -2.30. The van der Waals surface area contributed by atoms with Crippen LogP contribution < -0.4 is 15.1 Å². The second-order valence-corrected chi connectivity index (χ2v) is 8.11. The van der Waals surface area contributed by atoms with Gasteiger partial charge in [0.05, 0.1) is 7.11 Å². The van der Waals surface area contributed by atoms with E-state index in [0.717, 1.165) is 38.3 Å². The van der Waals surface area contributed by atoms with E-state index < -0.39 is 12.0 Å². The zero-order valence-electron chi connectivity index (χ0n) is 17.9. The van der Waals surface area contributed by atoms with Crippen molar-refractivity contribution in [1.29, 1.82) is 0 Å². The Labute approximate surface area is 178 Å². The summed E-state index contributed by atoms with van der Waals surface area (Å²) in [6.07, 6.45) is 0.433. The Hall–Kier alpha value is -2.70. The van der Waals surface area contributed by atoms with Crippen LogP contribution in [0.4, 0.5) is 0 Å². The van der Waals surface area contributed by atoms with E-state index >= 15 is 0 Å². The fraction of sp³-hybridized carbons (Fsp3) is 0.417. The van der Waals surface area contributed by atoms with Gasteiger partial charge in [0.1, 0.15) is 38.8 Å². The summed E-state index contributed by atoms with van der Waals surface area (Å²) >= 11 is 0. The van der Waals surface area contributed by atoms with E-state index in [4.69, 9.17) is 4.74 Å². The van der Waals surface area contributed by atoms with Crippen molar-refractivity contribution in [3.05, 3.63) is 71.3 Å². The third kappa shape index (κ3) is 6.40. The Morgan fingerprint density at radius 2 is 1.60 bits per heavy atom. The van der Waals surface area contributed by atoms with Gasteiger partial charge in [-0.15, -0.1) is 0 Å². The van der Waals surface area contributed by atoms with E-state index in [1.807, 2.05) is 30.3 Å². The highest BCUT2D eigenvalue weighted by Gasteiger charge is 2.28. The van der Waals surface area contributed by atoms with Crippen molar-refractivity contribution in [1.82, 2.24) is 5.32 Å². The molecule has 2 aromatic rings. The Kier molecular flexibility index (Phi) is 7.99. The van der Waals surface area contributed by atoms with Gasteiger partial charge in [-0.25, -0.2) is 4.79 Å². The van der Waals surface area contributed by atoms with Crippen LogP contribution in [0.15, 0.2) is 54.6 Å². The van der Waals surface area contributed by atoms with E-state index in [-0.39, 0.29) is 5.91 Å². The lowest BCUT2D eigenvalue weighted by atomic mass is 10.1. The second-order valence-electron chi connectivity index (χ2n) is 8.11. The van der Waals surface area contributed by atoms with Crippen molar-refractivity contribution in [2.45, 2.75) is 25.9 Å². The molecule has 3 N–H and O–H groups in total. The number of quaternary nitrogens is 2. The van der Waals surface area contributed by atoms with Gasteiger partial charge < -0.3 is 19.9 Å². The van der Waals surface area contributed by atoms with Gasteiger partial charge in [0.2, 0.25) is 0 Å². The molecular formula is C24H33N3O3+2. The molecule has 1 heterocycles. The van der Waals surface area contributed by atoms with Gasteiger partial charge in [-0.2, -0.15) is 0 Å². The maximum atomic E-state index is 12.6. The minimum Gasteiger partial charge on any atom is -0.467 e. The molecule has 0 radical (unpaired) electrons. The van der Waals surface area contributed by atoms with Crippen molar-refractivity contribution in [2.75, 3.05) is 39.8 Å². The van der Waals surface area contributed by atoms with Crippen LogP contribution in [-0.4, -0.2) is 57.8 Å². The molecule has 1 amide bonds. The molecule has 1 saturated heterocycles. The number of rotatable bonds is 8. The summed E-state index contributed by atoms with van der Waals surface area (Å²) in [6.45, 7) is 7.58. The van der Waals surface area contributed by atoms with Crippen LogP contribution in [0.1, 0.15) is 16.7 Å². The topological polar surface area (TPSA) is 64.3 Å². The standard InChI is InChI=1S/C24H31N3O3/c1-19-8-6-7-11-21(19)17-26-12-14-27(15-13-26)18-23(28)25-22(24(29)30-2)16-20-9-4-3-5-10-20/h3-11,22H,12-18H2,1-2H3,(H,25,28)/p+2/t22-/m0/s1. The van der Waals surface area contributed by atoms with Crippen molar-refractivity contribution < 1.29 is 24.1 Å². The van der Waals surface area contributed by atoms with Crippen LogP contribution >= 0.6 is 0 Å². The highest BCUT2D eigenvalue weighted by molar-refractivity contribution is 5.85. The van der Waals surface area contributed by atoms with Crippen LogP contribution in [-0.2, 0) is 27.3 Å². The van der Waals surface area contributed by atoms with Crippen LogP contribution in [0.2, 0.25) is 0 Å². The largest absolute Gasteiger partial charge is 0.467 e. The highest BCUT2D eigenvalue weighted by atomic mass is 16.5. The van der Waals surface area contributed by atoms with E-state index in [1.165, 1.54) is 23.1 Å². The molecular weight excluding hydrogens is 378 g/mol. The predicted molar refractivity (Wildman–Crippen MR) is 115 cm³/mol. The number of carbonyl (C=O) groups is 2. The van der Waals surface area contributed by atoms with Crippen molar-refractivity contribution in [3.63, 3.8) is 0 Å². The molecule has 6 heteroatoms. The van der Waals surface area contributed by atoms with Crippen LogP contribution in [0.5, 0.6) is 0 Å². The summed E-state index contributed by atoms with van der Waals surface area (Å²) < 4.78 is 4.89. The summed E-state index contributed by atoms with van der Waals surface area (Å²) in [5.74, 6) is -0.506. The molecule has 0 bridgehead atoms. The minimum absolute atomic E-state index is 0.0984. The number of piperazine rings is 1. The SMILES string of the molecule is COC(=O)[C@H](Cc1ccccc1)NC(=O)C[NH+]1CC[NH+](Cc2ccccc2C)CC1. The minimum atomic E-state index is -0.655. The summed E-state index contributed by atoms with van der Waals surface area (Å²) in [4.78, 5) is 27.6. The van der Waals surface area contributed by atoms with Gasteiger partial charge in [-0.3, -0.25) is 4.79 Å². The van der Waals surface area contributed by atoms with Gasteiger partial charge in [0, 0.05) is 12.0 Å². The Morgan fingerprint density at radius 1 is 0.967 bits per heavy atom. The summed E-state index contributed by atoms with van der Waals surface area (Å²) in [6, 6.07) is 17.6. The summed E-state index contributed by atoms with van der Waals surface area (Å²) in [5, 5.41) is 2.88. The van der Waals surface area contributed by atoms with Crippen molar-refractivity contribution in [3.8, 4) is 0 Å². The fourth-order valence-corrected chi connectivity index (χ4v) is 4.05. The van der Waals surface area contributed by atoms with E-state index in [2.05, 4.69) is 36.5 Å². The van der Waals surface area contributed by atoms with Gasteiger partial charge in [-0.05, 0) is 18.1 Å². The number of carbonyl (C=O) groups excluding carboxylic acids is 2.